The molecule has 9 nitrogen and oxygen atoms in total. The number of benzene rings is 1. The molecule has 0 unspecified atom stereocenters. The first-order valence-electron chi connectivity index (χ1n) is 7.86. The fourth-order valence-corrected chi connectivity index (χ4v) is 1.78. The Labute approximate surface area is 150 Å². The molecule has 0 saturated heterocycles. The van der Waals surface area contributed by atoms with Crippen LogP contribution in [-0.2, 0) is 14.3 Å². The summed E-state index contributed by atoms with van der Waals surface area (Å²) in [5, 5.41) is 13.6. The van der Waals surface area contributed by atoms with Crippen LogP contribution in [0.5, 0.6) is 0 Å². The van der Waals surface area contributed by atoms with Crippen molar-refractivity contribution in [1.29, 1.82) is 0 Å². The Balaban J connectivity index is 2.47. The van der Waals surface area contributed by atoms with Crippen LogP contribution in [-0.4, -0.2) is 47.4 Å². The monoisotopic (exact) mass is 366 g/mol. The first kappa shape index (κ1) is 20.9. The predicted molar refractivity (Wildman–Crippen MR) is 90.7 cm³/mol. The Bertz CT molecular complexity index is 653. The Morgan fingerprint density at radius 1 is 1.08 bits per heavy atom. The van der Waals surface area contributed by atoms with Gasteiger partial charge in [0, 0.05) is 6.54 Å². The van der Waals surface area contributed by atoms with Gasteiger partial charge in [-0.15, -0.1) is 0 Å². The maximum atomic E-state index is 11.7. The van der Waals surface area contributed by atoms with E-state index in [1.54, 1.807) is 39.0 Å². The summed E-state index contributed by atoms with van der Waals surface area (Å²) >= 11 is 0. The van der Waals surface area contributed by atoms with Gasteiger partial charge in [0.05, 0.1) is 5.56 Å². The molecule has 26 heavy (non-hydrogen) atoms. The van der Waals surface area contributed by atoms with Crippen LogP contribution in [0, 0.1) is 0 Å². The molecule has 0 saturated carbocycles. The SMILES string of the molecule is CC(C)(C)OC(=O)NCC[C@H](NC(=O)OC(=O)c1ccccc1)C(=O)O. The van der Waals surface area contributed by atoms with Gasteiger partial charge in [-0.2, -0.15) is 0 Å². The molecule has 1 atom stereocenters. The molecule has 1 aromatic rings. The van der Waals surface area contributed by atoms with E-state index in [-0.39, 0.29) is 18.5 Å². The standard InChI is InChI=1S/C17H22N2O7/c1-17(2,3)26-15(23)18-10-9-12(13(20)21)19-16(24)25-14(22)11-7-5-4-6-8-11/h4-8,12H,9-10H2,1-3H3,(H,18,23)(H,19,24)(H,20,21)/t12-/m0/s1. The molecule has 2 amide bonds. The molecule has 0 aliphatic carbocycles. The normalized spacial score (nSPS) is 11.8. The Kier molecular flexibility index (Phi) is 7.57. The Morgan fingerprint density at radius 3 is 2.23 bits per heavy atom. The molecular weight excluding hydrogens is 344 g/mol. The molecule has 0 heterocycles. The number of carboxylic acids is 1. The number of esters is 1. The molecule has 0 bridgehead atoms. The molecule has 0 fully saturated rings. The molecule has 0 aliphatic heterocycles. The summed E-state index contributed by atoms with van der Waals surface area (Å²) in [6.45, 7) is 5.01. The van der Waals surface area contributed by atoms with Crippen LogP contribution in [0.15, 0.2) is 30.3 Å². The van der Waals surface area contributed by atoms with Crippen molar-refractivity contribution < 1.29 is 33.8 Å². The molecule has 0 radical (unpaired) electrons. The number of carbonyl (C=O) groups is 4. The van der Waals surface area contributed by atoms with E-state index in [0.717, 1.165) is 0 Å². The molecule has 1 rings (SSSR count). The number of carbonyl (C=O) groups excluding carboxylic acids is 3. The highest BCUT2D eigenvalue weighted by Crippen LogP contribution is 2.06. The number of rotatable bonds is 6. The zero-order valence-corrected chi connectivity index (χ0v) is 14.8. The molecule has 1 aromatic carbocycles. The van der Waals surface area contributed by atoms with Crippen LogP contribution >= 0.6 is 0 Å². The lowest BCUT2D eigenvalue weighted by Gasteiger charge is -2.20. The third-order valence-electron chi connectivity index (χ3n) is 2.89. The number of carboxylic acid groups (broad SMARTS) is 1. The summed E-state index contributed by atoms with van der Waals surface area (Å²) < 4.78 is 9.55. The zero-order valence-electron chi connectivity index (χ0n) is 14.8. The second-order valence-corrected chi connectivity index (χ2v) is 6.30. The van der Waals surface area contributed by atoms with Gasteiger partial charge in [-0.3, -0.25) is 0 Å². The average Bonchev–Trinajstić information content (AvgIpc) is 2.52. The van der Waals surface area contributed by atoms with E-state index in [0.29, 0.717) is 0 Å². The van der Waals surface area contributed by atoms with Crippen LogP contribution in [0.4, 0.5) is 9.59 Å². The smallest absolute Gasteiger partial charge is 0.415 e. The van der Waals surface area contributed by atoms with E-state index < -0.39 is 35.8 Å². The molecule has 0 spiro atoms. The summed E-state index contributed by atoms with van der Waals surface area (Å²) in [5.74, 6) is -2.24. The van der Waals surface area contributed by atoms with Crippen LogP contribution in [0.2, 0.25) is 0 Å². The third-order valence-corrected chi connectivity index (χ3v) is 2.89. The van der Waals surface area contributed by atoms with Crippen molar-refractivity contribution in [1.82, 2.24) is 10.6 Å². The van der Waals surface area contributed by atoms with E-state index in [9.17, 15) is 19.2 Å². The molecule has 9 heteroatoms. The van der Waals surface area contributed by atoms with Gasteiger partial charge in [0.1, 0.15) is 11.6 Å². The van der Waals surface area contributed by atoms with Crippen molar-refractivity contribution in [3.63, 3.8) is 0 Å². The van der Waals surface area contributed by atoms with Gasteiger partial charge in [-0.05, 0) is 39.3 Å². The van der Waals surface area contributed by atoms with Gasteiger partial charge >= 0.3 is 24.1 Å². The quantitative estimate of drug-likeness (QED) is 0.518. The summed E-state index contributed by atoms with van der Waals surface area (Å²) in [4.78, 5) is 46.1. The van der Waals surface area contributed by atoms with Crippen molar-refractivity contribution in [3.8, 4) is 0 Å². The van der Waals surface area contributed by atoms with Crippen LogP contribution in [0.3, 0.4) is 0 Å². The van der Waals surface area contributed by atoms with Crippen molar-refractivity contribution in [2.24, 2.45) is 0 Å². The molecule has 0 aliphatic rings. The zero-order chi connectivity index (χ0) is 19.7. The van der Waals surface area contributed by atoms with Crippen LogP contribution in [0.1, 0.15) is 37.6 Å². The van der Waals surface area contributed by atoms with E-state index in [4.69, 9.17) is 9.84 Å². The summed E-state index contributed by atoms with van der Waals surface area (Å²) in [6, 6.07) is 6.44. The number of aliphatic carboxylic acids is 1. The maximum absolute atomic E-state index is 11.7. The Hall–Kier alpha value is -3.10. The van der Waals surface area contributed by atoms with Crippen molar-refractivity contribution >= 4 is 24.1 Å². The average molecular weight is 366 g/mol. The fourth-order valence-electron chi connectivity index (χ4n) is 1.78. The second kappa shape index (κ2) is 9.40. The molecule has 142 valence electrons. The van der Waals surface area contributed by atoms with E-state index in [1.165, 1.54) is 12.1 Å². The minimum absolute atomic E-state index is 0.0568. The van der Waals surface area contributed by atoms with E-state index >= 15 is 0 Å². The minimum Gasteiger partial charge on any atom is -0.480 e. The van der Waals surface area contributed by atoms with Gasteiger partial charge in [0.15, 0.2) is 0 Å². The maximum Gasteiger partial charge on any atom is 0.415 e. The lowest BCUT2D eigenvalue weighted by Crippen LogP contribution is -2.44. The van der Waals surface area contributed by atoms with Crippen LogP contribution < -0.4 is 10.6 Å². The molecular formula is C17H22N2O7. The minimum atomic E-state index is -1.35. The lowest BCUT2D eigenvalue weighted by molar-refractivity contribution is -0.139. The highest BCUT2D eigenvalue weighted by Gasteiger charge is 2.23. The third kappa shape index (κ3) is 8.13. The first-order valence-corrected chi connectivity index (χ1v) is 7.86. The highest BCUT2D eigenvalue weighted by atomic mass is 16.6. The fraction of sp³-hybridized carbons (Fsp3) is 0.412. The van der Waals surface area contributed by atoms with E-state index in [2.05, 4.69) is 15.4 Å². The number of alkyl carbamates (subject to hydrolysis) is 2. The van der Waals surface area contributed by atoms with Gasteiger partial charge in [-0.1, -0.05) is 18.2 Å². The predicted octanol–water partition coefficient (Wildman–Crippen LogP) is 1.92. The number of hydrogen-bond donors (Lipinski definition) is 3. The first-order chi connectivity index (χ1) is 12.1. The van der Waals surface area contributed by atoms with E-state index in [1.807, 2.05) is 0 Å². The van der Waals surface area contributed by atoms with Gasteiger partial charge in [0.25, 0.3) is 0 Å². The van der Waals surface area contributed by atoms with Gasteiger partial charge in [0.2, 0.25) is 0 Å². The number of amides is 2. The van der Waals surface area contributed by atoms with Crippen LogP contribution in [0.25, 0.3) is 0 Å². The number of nitrogens with one attached hydrogen (secondary N) is 2. The molecule has 0 aromatic heterocycles. The van der Waals surface area contributed by atoms with Gasteiger partial charge < -0.3 is 25.2 Å². The largest absolute Gasteiger partial charge is 0.480 e. The summed E-state index contributed by atoms with van der Waals surface area (Å²) in [5.41, 5.74) is -0.531. The number of ether oxygens (including phenoxy) is 2. The lowest BCUT2D eigenvalue weighted by atomic mass is 10.2. The topological polar surface area (TPSA) is 131 Å². The highest BCUT2D eigenvalue weighted by molar-refractivity contribution is 5.97. The van der Waals surface area contributed by atoms with Crippen molar-refractivity contribution in [3.05, 3.63) is 35.9 Å². The number of hydrogen-bond acceptors (Lipinski definition) is 6. The second-order valence-electron chi connectivity index (χ2n) is 6.30. The van der Waals surface area contributed by atoms with Crippen molar-refractivity contribution in [2.75, 3.05) is 6.54 Å². The molecule has 3 N–H and O–H groups in total. The van der Waals surface area contributed by atoms with Crippen molar-refractivity contribution in [2.45, 2.75) is 38.8 Å². The van der Waals surface area contributed by atoms with Gasteiger partial charge in [-0.25, -0.2) is 19.2 Å². The summed E-state index contributed by atoms with van der Waals surface area (Å²) in [6.07, 6.45) is -2.02. The Morgan fingerprint density at radius 2 is 1.69 bits per heavy atom. The summed E-state index contributed by atoms with van der Waals surface area (Å²) in [7, 11) is 0.